The normalized spacial score (nSPS) is 13.3. The summed E-state index contributed by atoms with van der Waals surface area (Å²) < 4.78 is 0. The van der Waals surface area contributed by atoms with Crippen molar-refractivity contribution in [1.29, 1.82) is 0 Å². The van der Waals surface area contributed by atoms with Crippen LogP contribution in [-0.2, 0) is 30.4 Å². The van der Waals surface area contributed by atoms with Crippen molar-refractivity contribution in [3.8, 4) is 5.75 Å². The second-order valence-corrected chi connectivity index (χ2v) is 9.90. The SMILES string of the molecule is NC(=O)CCC(N)C(=O)NC(CCCN=C(N)N)C(=O)NC(Cc1ccc(O)cc1)C(=O)NC(CCCN=C(N)N)C(=O)O. The van der Waals surface area contributed by atoms with E-state index in [2.05, 4.69) is 25.9 Å². The van der Waals surface area contributed by atoms with Crippen LogP contribution in [0.2, 0.25) is 0 Å². The number of aliphatic imine (C=N–C) groups is 2. The first-order chi connectivity index (χ1) is 20.7. The van der Waals surface area contributed by atoms with E-state index in [1.807, 2.05) is 0 Å². The van der Waals surface area contributed by atoms with Crippen LogP contribution in [0, 0.1) is 0 Å². The molecule has 18 nitrogen and oxygen atoms in total. The maximum absolute atomic E-state index is 13.4. The summed E-state index contributed by atoms with van der Waals surface area (Å²) >= 11 is 0. The predicted molar refractivity (Wildman–Crippen MR) is 161 cm³/mol. The lowest BCUT2D eigenvalue weighted by molar-refractivity contribution is -0.142. The van der Waals surface area contributed by atoms with Crippen LogP contribution in [0.15, 0.2) is 34.3 Å². The highest BCUT2D eigenvalue weighted by Gasteiger charge is 2.30. The molecule has 0 aliphatic carbocycles. The zero-order chi connectivity index (χ0) is 33.2. The van der Waals surface area contributed by atoms with Gasteiger partial charge in [-0.3, -0.25) is 29.2 Å². The summed E-state index contributed by atoms with van der Waals surface area (Å²) in [5.41, 5.74) is 32.8. The summed E-state index contributed by atoms with van der Waals surface area (Å²) in [6.07, 6.45) is 0.210. The third-order valence-corrected chi connectivity index (χ3v) is 6.19. The average molecular weight is 622 g/mol. The van der Waals surface area contributed by atoms with Crippen LogP contribution < -0.4 is 50.4 Å². The number of aromatic hydroxyl groups is 1. The summed E-state index contributed by atoms with van der Waals surface area (Å²) in [6.45, 7) is 0.270. The van der Waals surface area contributed by atoms with Crippen LogP contribution in [0.1, 0.15) is 44.1 Å². The van der Waals surface area contributed by atoms with Gasteiger partial charge in [0.2, 0.25) is 23.6 Å². The molecular weight excluding hydrogens is 578 g/mol. The smallest absolute Gasteiger partial charge is 0.326 e. The van der Waals surface area contributed by atoms with E-state index in [1.165, 1.54) is 24.3 Å². The maximum atomic E-state index is 13.4. The highest BCUT2D eigenvalue weighted by molar-refractivity contribution is 5.94. The fraction of sp³-hybridized carbons (Fsp3) is 0.500. The average Bonchev–Trinajstić information content (AvgIpc) is 2.94. The molecule has 0 saturated carbocycles. The molecule has 4 amide bonds. The summed E-state index contributed by atoms with van der Waals surface area (Å²) in [6, 6.07) is 0.839. The number of carbonyl (C=O) groups is 5. The summed E-state index contributed by atoms with van der Waals surface area (Å²) in [5, 5.41) is 26.8. The number of primary amides is 1. The molecular formula is C26H43N11O7. The van der Waals surface area contributed by atoms with Gasteiger partial charge < -0.3 is 60.6 Å². The van der Waals surface area contributed by atoms with E-state index >= 15 is 0 Å². The van der Waals surface area contributed by atoms with Crippen molar-refractivity contribution in [3.05, 3.63) is 29.8 Å². The number of guanidine groups is 2. The lowest BCUT2D eigenvalue weighted by atomic mass is 10.0. The highest BCUT2D eigenvalue weighted by atomic mass is 16.4. The van der Waals surface area contributed by atoms with Gasteiger partial charge in [0.05, 0.1) is 6.04 Å². The third kappa shape index (κ3) is 15.2. The van der Waals surface area contributed by atoms with Crippen LogP contribution in [0.25, 0.3) is 0 Å². The van der Waals surface area contributed by atoms with E-state index in [9.17, 15) is 34.2 Å². The molecule has 0 heterocycles. The molecule has 18 heteroatoms. The Bertz CT molecular complexity index is 1180. The predicted octanol–water partition coefficient (Wildman–Crippen LogP) is -3.83. The summed E-state index contributed by atoms with van der Waals surface area (Å²) in [4.78, 5) is 70.1. The number of hydrogen-bond acceptors (Lipinski definition) is 9. The van der Waals surface area contributed by atoms with Crippen molar-refractivity contribution < 1.29 is 34.2 Å². The van der Waals surface area contributed by atoms with Gasteiger partial charge in [-0.1, -0.05) is 12.1 Å². The molecule has 1 aromatic rings. The van der Waals surface area contributed by atoms with Crippen molar-refractivity contribution in [3.63, 3.8) is 0 Å². The molecule has 44 heavy (non-hydrogen) atoms. The first-order valence-electron chi connectivity index (χ1n) is 13.8. The number of rotatable bonds is 20. The van der Waals surface area contributed by atoms with Crippen molar-refractivity contribution in [2.75, 3.05) is 13.1 Å². The third-order valence-electron chi connectivity index (χ3n) is 6.19. The fourth-order valence-electron chi connectivity index (χ4n) is 3.86. The van der Waals surface area contributed by atoms with Crippen molar-refractivity contribution >= 4 is 41.5 Å². The van der Waals surface area contributed by atoms with Crippen LogP contribution in [0.5, 0.6) is 5.75 Å². The number of carbonyl (C=O) groups excluding carboxylic acids is 4. The van der Waals surface area contributed by atoms with E-state index in [4.69, 9.17) is 34.4 Å². The van der Waals surface area contributed by atoms with E-state index in [0.29, 0.717) is 5.56 Å². The van der Waals surface area contributed by atoms with Crippen molar-refractivity contribution in [1.82, 2.24) is 16.0 Å². The number of carboxylic acid groups (broad SMARTS) is 1. The lowest BCUT2D eigenvalue weighted by Gasteiger charge is -2.25. The Morgan fingerprint density at radius 1 is 0.705 bits per heavy atom. The van der Waals surface area contributed by atoms with Gasteiger partial charge in [0, 0.05) is 25.9 Å². The minimum absolute atomic E-state index is 0.00953. The topological polar surface area (TPSA) is 343 Å². The van der Waals surface area contributed by atoms with Crippen molar-refractivity contribution in [2.24, 2.45) is 44.4 Å². The molecule has 0 spiro atoms. The number of phenolic OH excluding ortho intramolecular Hbond substituents is 1. The van der Waals surface area contributed by atoms with Gasteiger partial charge >= 0.3 is 5.97 Å². The number of nitrogens with zero attached hydrogens (tertiary/aromatic N) is 2. The second-order valence-electron chi connectivity index (χ2n) is 9.90. The number of benzene rings is 1. The van der Waals surface area contributed by atoms with Gasteiger partial charge in [-0.05, 0) is 49.8 Å². The van der Waals surface area contributed by atoms with Gasteiger partial charge in [-0.2, -0.15) is 0 Å². The fourth-order valence-corrected chi connectivity index (χ4v) is 3.86. The van der Waals surface area contributed by atoms with Gasteiger partial charge in [0.1, 0.15) is 23.9 Å². The minimum Gasteiger partial charge on any atom is -0.508 e. The molecule has 244 valence electrons. The number of phenols is 1. The molecule has 0 aliphatic heterocycles. The molecule has 4 unspecified atom stereocenters. The summed E-state index contributed by atoms with van der Waals surface area (Å²) in [7, 11) is 0. The quantitative estimate of drug-likeness (QED) is 0.0379. The number of nitrogens with two attached hydrogens (primary N) is 6. The number of aliphatic carboxylic acids is 1. The molecule has 1 aromatic carbocycles. The maximum Gasteiger partial charge on any atom is 0.326 e. The second kappa shape index (κ2) is 19.1. The largest absolute Gasteiger partial charge is 0.508 e. The highest BCUT2D eigenvalue weighted by Crippen LogP contribution is 2.13. The standard InChI is InChI=1S/C26H43N11O7/c27-16(9-10-20(28)39)21(40)35-17(3-1-11-33-25(29)30)22(41)37-19(13-14-5-7-15(38)8-6-14)23(42)36-18(24(43)44)4-2-12-34-26(31)32/h5-8,16-19,38H,1-4,9-13,27H2,(H2,28,39)(H,35,40)(H,36,42)(H,37,41)(H,43,44)(H4,29,30,33)(H4,31,32,34). The summed E-state index contributed by atoms with van der Waals surface area (Å²) in [5.74, 6) is -4.65. The Labute approximate surface area is 254 Å². The van der Waals surface area contributed by atoms with Crippen LogP contribution in [-0.4, -0.2) is 89.0 Å². The molecule has 0 aromatic heterocycles. The van der Waals surface area contributed by atoms with Crippen molar-refractivity contribution in [2.45, 2.75) is 69.1 Å². The molecule has 0 radical (unpaired) electrons. The first kappa shape index (κ1) is 36.9. The zero-order valence-electron chi connectivity index (χ0n) is 24.3. The Morgan fingerprint density at radius 3 is 1.68 bits per heavy atom. The van der Waals surface area contributed by atoms with Crippen LogP contribution in [0.4, 0.5) is 0 Å². The molecule has 0 saturated heterocycles. The molecule has 0 fully saturated rings. The number of carboxylic acids is 1. The number of amides is 4. The first-order valence-corrected chi connectivity index (χ1v) is 13.8. The Hall–Kier alpha value is -5.13. The Morgan fingerprint density at radius 2 is 1.18 bits per heavy atom. The van der Waals surface area contributed by atoms with Crippen LogP contribution in [0.3, 0.4) is 0 Å². The Balaban J connectivity index is 3.18. The molecule has 4 atom stereocenters. The number of hydrogen-bond donors (Lipinski definition) is 11. The number of nitrogens with one attached hydrogen (secondary N) is 3. The molecule has 17 N–H and O–H groups in total. The Kier molecular flexibility index (Phi) is 16.0. The van der Waals surface area contributed by atoms with E-state index < -0.39 is 53.8 Å². The van der Waals surface area contributed by atoms with Gasteiger partial charge in [-0.15, -0.1) is 0 Å². The van der Waals surface area contributed by atoms with Gasteiger partial charge in [0.25, 0.3) is 0 Å². The molecule has 0 bridgehead atoms. The van der Waals surface area contributed by atoms with Gasteiger partial charge in [-0.25, -0.2) is 4.79 Å². The van der Waals surface area contributed by atoms with Gasteiger partial charge in [0.15, 0.2) is 11.9 Å². The molecule has 0 aliphatic rings. The monoisotopic (exact) mass is 621 g/mol. The van der Waals surface area contributed by atoms with E-state index in [-0.39, 0.29) is 75.7 Å². The van der Waals surface area contributed by atoms with Crippen LogP contribution >= 0.6 is 0 Å². The molecule has 1 rings (SSSR count). The lowest BCUT2D eigenvalue weighted by Crippen LogP contribution is -2.57. The zero-order valence-corrected chi connectivity index (χ0v) is 24.3. The van der Waals surface area contributed by atoms with E-state index in [1.54, 1.807) is 0 Å². The van der Waals surface area contributed by atoms with E-state index in [0.717, 1.165) is 0 Å². The minimum atomic E-state index is -1.32.